The Hall–Kier alpha value is -1.30. The maximum absolute atomic E-state index is 11.6. The smallest absolute Gasteiger partial charge is 0.328 e. The van der Waals surface area contributed by atoms with Crippen LogP contribution in [0.2, 0.25) is 0 Å². The van der Waals surface area contributed by atoms with Crippen molar-refractivity contribution in [1.29, 1.82) is 0 Å². The van der Waals surface area contributed by atoms with Crippen molar-refractivity contribution in [3.05, 3.63) is 0 Å². The molecule has 0 aromatic carbocycles. The first-order chi connectivity index (χ1) is 8.52. The number of carboxylic acids is 1. The fraction of sp³-hybridized carbons (Fsp3) is 0.833. The molecule has 0 aliphatic heterocycles. The molecule has 2 amide bonds. The van der Waals surface area contributed by atoms with Gasteiger partial charge in [0.1, 0.15) is 0 Å². The van der Waals surface area contributed by atoms with Crippen molar-refractivity contribution in [1.82, 2.24) is 10.6 Å². The third kappa shape index (κ3) is 4.91. The summed E-state index contributed by atoms with van der Waals surface area (Å²) < 4.78 is 4.75. The van der Waals surface area contributed by atoms with E-state index in [2.05, 4.69) is 17.6 Å². The lowest BCUT2D eigenvalue weighted by Gasteiger charge is -2.27. The van der Waals surface area contributed by atoms with Crippen molar-refractivity contribution < 1.29 is 19.4 Å². The van der Waals surface area contributed by atoms with E-state index in [1.54, 1.807) is 0 Å². The van der Waals surface area contributed by atoms with Gasteiger partial charge in [0.05, 0.1) is 6.61 Å². The average Bonchev–Trinajstić information content (AvgIpc) is 2.31. The molecule has 104 valence electrons. The van der Waals surface area contributed by atoms with E-state index in [1.807, 2.05) is 0 Å². The van der Waals surface area contributed by atoms with Crippen LogP contribution < -0.4 is 10.6 Å². The van der Waals surface area contributed by atoms with E-state index in [0.717, 1.165) is 25.7 Å². The summed E-state index contributed by atoms with van der Waals surface area (Å²) in [6.07, 6.45) is 4.12. The van der Waals surface area contributed by atoms with Gasteiger partial charge in [-0.2, -0.15) is 0 Å². The Bertz CT molecular complexity index is 288. The fourth-order valence-electron chi connectivity index (χ4n) is 2.13. The zero-order valence-corrected chi connectivity index (χ0v) is 10.9. The van der Waals surface area contributed by atoms with Crippen LogP contribution in [0.1, 0.15) is 32.6 Å². The number of amides is 2. The number of carbonyl (C=O) groups excluding carboxylic acids is 1. The van der Waals surface area contributed by atoms with Crippen LogP contribution in [-0.2, 0) is 9.53 Å². The predicted molar refractivity (Wildman–Crippen MR) is 66.4 cm³/mol. The van der Waals surface area contributed by atoms with Crippen LogP contribution in [0.5, 0.6) is 0 Å². The van der Waals surface area contributed by atoms with Gasteiger partial charge in [-0.15, -0.1) is 0 Å². The molecule has 18 heavy (non-hydrogen) atoms. The molecule has 0 saturated heterocycles. The molecule has 1 fully saturated rings. The van der Waals surface area contributed by atoms with E-state index < -0.39 is 18.0 Å². The van der Waals surface area contributed by atoms with E-state index in [9.17, 15) is 9.59 Å². The number of methoxy groups -OCH3 is 1. The van der Waals surface area contributed by atoms with Crippen molar-refractivity contribution in [3.8, 4) is 0 Å². The van der Waals surface area contributed by atoms with Gasteiger partial charge in [-0.3, -0.25) is 0 Å². The van der Waals surface area contributed by atoms with Crippen LogP contribution in [0.3, 0.4) is 0 Å². The van der Waals surface area contributed by atoms with Gasteiger partial charge in [-0.05, 0) is 31.6 Å². The molecule has 0 aromatic heterocycles. The first kappa shape index (κ1) is 14.8. The number of urea groups is 1. The molecule has 0 bridgehead atoms. The minimum atomic E-state index is -1.09. The van der Waals surface area contributed by atoms with Crippen molar-refractivity contribution in [2.75, 3.05) is 13.7 Å². The number of ether oxygens (including phenoxy) is 1. The highest BCUT2D eigenvalue weighted by molar-refractivity contribution is 5.82. The quantitative estimate of drug-likeness (QED) is 0.685. The molecular weight excluding hydrogens is 236 g/mol. The Balaban J connectivity index is 2.33. The van der Waals surface area contributed by atoms with Crippen molar-refractivity contribution >= 4 is 12.0 Å². The summed E-state index contributed by atoms with van der Waals surface area (Å²) in [5, 5.41) is 14.1. The molecule has 3 N–H and O–H groups in total. The summed E-state index contributed by atoms with van der Waals surface area (Å²) in [6, 6.07) is -1.28. The Morgan fingerprint density at radius 3 is 2.44 bits per heavy atom. The third-order valence-electron chi connectivity index (χ3n) is 3.29. The van der Waals surface area contributed by atoms with Gasteiger partial charge in [0.25, 0.3) is 0 Å². The molecule has 1 saturated carbocycles. The molecule has 1 atom stereocenters. The normalized spacial score (nSPS) is 25.2. The SMILES string of the molecule is COCC(NC(=O)NC1CCC(C)CC1)C(=O)O. The molecule has 0 aromatic rings. The molecule has 0 radical (unpaired) electrons. The van der Waals surface area contributed by atoms with Gasteiger partial charge in [0.2, 0.25) is 0 Å². The molecule has 0 spiro atoms. The zero-order valence-electron chi connectivity index (χ0n) is 10.9. The molecule has 1 aliphatic rings. The number of rotatable bonds is 5. The number of carbonyl (C=O) groups is 2. The second-order valence-corrected chi connectivity index (χ2v) is 4.92. The van der Waals surface area contributed by atoms with Crippen LogP contribution >= 0.6 is 0 Å². The largest absolute Gasteiger partial charge is 0.480 e. The lowest BCUT2D eigenvalue weighted by molar-refractivity contribution is -0.140. The van der Waals surface area contributed by atoms with Crippen LogP contribution in [0, 0.1) is 5.92 Å². The van der Waals surface area contributed by atoms with Gasteiger partial charge < -0.3 is 20.5 Å². The highest BCUT2D eigenvalue weighted by Crippen LogP contribution is 2.23. The standard InChI is InChI=1S/C12H22N2O4/c1-8-3-5-9(6-4-8)13-12(17)14-10(7-18-2)11(15)16/h8-10H,3-7H2,1-2H3,(H,15,16)(H2,13,14,17). The second-order valence-electron chi connectivity index (χ2n) is 4.92. The van der Waals surface area contributed by atoms with Crippen LogP contribution in [0.4, 0.5) is 4.79 Å². The Morgan fingerprint density at radius 1 is 1.33 bits per heavy atom. The lowest BCUT2D eigenvalue weighted by Crippen LogP contribution is -2.51. The first-order valence-corrected chi connectivity index (χ1v) is 6.31. The second kappa shape index (κ2) is 7.20. The van der Waals surface area contributed by atoms with Crippen LogP contribution in [-0.4, -0.2) is 42.9 Å². The van der Waals surface area contributed by atoms with E-state index in [-0.39, 0.29) is 12.6 Å². The molecule has 6 nitrogen and oxygen atoms in total. The van der Waals surface area contributed by atoms with Crippen molar-refractivity contribution in [2.24, 2.45) is 5.92 Å². The third-order valence-corrected chi connectivity index (χ3v) is 3.29. The van der Waals surface area contributed by atoms with Gasteiger partial charge in [-0.1, -0.05) is 6.92 Å². The van der Waals surface area contributed by atoms with Crippen molar-refractivity contribution in [3.63, 3.8) is 0 Å². The monoisotopic (exact) mass is 258 g/mol. The lowest BCUT2D eigenvalue weighted by atomic mass is 9.87. The van der Waals surface area contributed by atoms with E-state index >= 15 is 0 Å². The van der Waals surface area contributed by atoms with Gasteiger partial charge in [0, 0.05) is 13.2 Å². The highest BCUT2D eigenvalue weighted by atomic mass is 16.5. The number of hydrogen-bond donors (Lipinski definition) is 3. The summed E-state index contributed by atoms with van der Waals surface area (Å²) in [5.41, 5.74) is 0. The van der Waals surface area contributed by atoms with E-state index in [1.165, 1.54) is 7.11 Å². The molecular formula is C12H22N2O4. The van der Waals surface area contributed by atoms with Gasteiger partial charge in [0.15, 0.2) is 6.04 Å². The number of carboxylic acid groups (broad SMARTS) is 1. The molecule has 1 unspecified atom stereocenters. The predicted octanol–water partition coefficient (Wildman–Crippen LogP) is 0.964. The number of aliphatic carboxylic acids is 1. The first-order valence-electron chi connectivity index (χ1n) is 6.31. The molecule has 6 heteroatoms. The van der Waals surface area contributed by atoms with Gasteiger partial charge >= 0.3 is 12.0 Å². The topological polar surface area (TPSA) is 87.7 Å². The maximum atomic E-state index is 11.6. The maximum Gasteiger partial charge on any atom is 0.328 e. The Kier molecular flexibility index (Phi) is 5.91. The minimum Gasteiger partial charge on any atom is -0.480 e. The fourth-order valence-corrected chi connectivity index (χ4v) is 2.13. The Morgan fingerprint density at radius 2 is 1.94 bits per heavy atom. The van der Waals surface area contributed by atoms with Gasteiger partial charge in [-0.25, -0.2) is 9.59 Å². The minimum absolute atomic E-state index is 0.0372. The number of nitrogens with one attached hydrogen (secondary N) is 2. The summed E-state index contributed by atoms with van der Waals surface area (Å²) >= 11 is 0. The van der Waals surface area contributed by atoms with E-state index in [4.69, 9.17) is 9.84 Å². The summed E-state index contributed by atoms with van der Waals surface area (Å²) in [5.74, 6) is -0.379. The molecule has 1 rings (SSSR count). The number of hydrogen-bond acceptors (Lipinski definition) is 3. The van der Waals surface area contributed by atoms with Crippen LogP contribution in [0.15, 0.2) is 0 Å². The Labute approximate surface area is 107 Å². The summed E-state index contributed by atoms with van der Waals surface area (Å²) in [7, 11) is 1.40. The molecule has 1 aliphatic carbocycles. The highest BCUT2D eigenvalue weighted by Gasteiger charge is 2.23. The summed E-state index contributed by atoms with van der Waals surface area (Å²) in [4.78, 5) is 22.5. The van der Waals surface area contributed by atoms with E-state index in [0.29, 0.717) is 5.92 Å². The van der Waals surface area contributed by atoms with Crippen LogP contribution in [0.25, 0.3) is 0 Å². The zero-order chi connectivity index (χ0) is 13.5. The average molecular weight is 258 g/mol. The molecule has 0 heterocycles. The van der Waals surface area contributed by atoms with Crippen molar-refractivity contribution in [2.45, 2.75) is 44.7 Å². The summed E-state index contributed by atoms with van der Waals surface area (Å²) in [6.45, 7) is 2.17.